The molecule has 1 amide bonds. The normalized spacial score (nSPS) is 11.4. The van der Waals surface area contributed by atoms with Crippen molar-refractivity contribution in [2.24, 2.45) is 0 Å². The number of benzene rings is 3. The lowest BCUT2D eigenvalue weighted by molar-refractivity contribution is -0.116. The first-order chi connectivity index (χ1) is 15.3. The molecule has 3 aromatic rings. The summed E-state index contributed by atoms with van der Waals surface area (Å²) in [6.07, 6.45) is 0.493. The lowest BCUT2D eigenvalue weighted by atomic mass is 10.1. The van der Waals surface area contributed by atoms with Gasteiger partial charge in [0.15, 0.2) is 0 Å². The molecule has 0 heterocycles. The number of aryl methyl sites for hydroxylation is 2. The van der Waals surface area contributed by atoms with E-state index in [0.717, 1.165) is 11.1 Å². The lowest BCUT2D eigenvalue weighted by Gasteiger charge is -2.22. The van der Waals surface area contributed by atoms with E-state index in [0.29, 0.717) is 23.4 Å². The Morgan fingerprint density at radius 3 is 2.38 bits per heavy atom. The molecule has 0 aromatic heterocycles. The molecule has 32 heavy (non-hydrogen) atoms. The topological polar surface area (TPSA) is 75.7 Å². The fourth-order valence-electron chi connectivity index (χ4n) is 3.43. The molecule has 3 rings (SSSR count). The molecule has 0 radical (unpaired) electrons. The Morgan fingerprint density at radius 2 is 1.72 bits per heavy atom. The zero-order valence-electron chi connectivity index (χ0n) is 18.5. The Morgan fingerprint density at radius 1 is 0.969 bits per heavy atom. The van der Waals surface area contributed by atoms with Crippen LogP contribution in [0.15, 0.2) is 77.7 Å². The number of rotatable bonds is 9. The molecule has 3 aromatic carbocycles. The Labute approximate surface area is 189 Å². The molecule has 1 N–H and O–H groups in total. The third-order valence-corrected chi connectivity index (χ3v) is 6.96. The van der Waals surface area contributed by atoms with E-state index in [1.807, 2.05) is 55.5 Å². The van der Waals surface area contributed by atoms with Gasteiger partial charge < -0.3 is 10.1 Å². The molecule has 0 spiro atoms. The third-order valence-electron chi connectivity index (χ3n) is 5.12. The molecule has 0 aliphatic rings. The highest BCUT2D eigenvalue weighted by molar-refractivity contribution is 7.89. The number of sulfonamides is 1. The summed E-state index contributed by atoms with van der Waals surface area (Å²) in [4.78, 5) is 12.9. The molecule has 0 atom stereocenters. The summed E-state index contributed by atoms with van der Waals surface area (Å²) in [7, 11) is -2.36. The van der Waals surface area contributed by atoms with E-state index in [1.165, 1.54) is 17.5 Å². The number of carbonyl (C=O) groups excluding carboxylic acids is 1. The summed E-state index contributed by atoms with van der Waals surface area (Å²) in [5.41, 5.74) is 3.35. The molecular formula is C25H28N2O4S. The number of nitrogens with zero attached hydrogens (tertiary/aromatic N) is 1. The fraction of sp³-hybridized carbons (Fsp3) is 0.240. The van der Waals surface area contributed by atoms with Crippen molar-refractivity contribution in [1.82, 2.24) is 4.31 Å². The maximum atomic E-state index is 13.5. The van der Waals surface area contributed by atoms with Crippen molar-refractivity contribution in [3.8, 4) is 5.75 Å². The van der Waals surface area contributed by atoms with Crippen LogP contribution < -0.4 is 10.1 Å². The van der Waals surface area contributed by atoms with E-state index in [1.54, 1.807) is 25.1 Å². The van der Waals surface area contributed by atoms with E-state index in [2.05, 4.69) is 5.32 Å². The zero-order valence-corrected chi connectivity index (χ0v) is 19.4. The summed E-state index contributed by atoms with van der Waals surface area (Å²) in [6.45, 7) is 3.61. The van der Waals surface area contributed by atoms with E-state index < -0.39 is 15.9 Å². The first-order valence-electron chi connectivity index (χ1n) is 10.3. The maximum Gasteiger partial charge on any atom is 0.243 e. The van der Waals surface area contributed by atoms with Crippen molar-refractivity contribution in [2.45, 2.75) is 25.2 Å². The largest absolute Gasteiger partial charge is 0.496 e. The number of hydrogen-bond donors (Lipinski definition) is 1. The van der Waals surface area contributed by atoms with Crippen molar-refractivity contribution in [2.75, 3.05) is 25.5 Å². The minimum atomic E-state index is -3.90. The highest BCUT2D eigenvalue weighted by atomic mass is 32.2. The number of ether oxygens (including phenoxy) is 1. The molecule has 0 saturated carbocycles. The molecule has 0 aliphatic heterocycles. The Kier molecular flexibility index (Phi) is 7.66. The predicted octanol–water partition coefficient (Wildman–Crippen LogP) is 4.18. The average molecular weight is 453 g/mol. The van der Waals surface area contributed by atoms with Gasteiger partial charge in [-0.05, 0) is 67.3 Å². The monoisotopic (exact) mass is 452 g/mol. The van der Waals surface area contributed by atoms with Gasteiger partial charge in [0, 0.05) is 12.2 Å². The Bertz CT molecular complexity index is 1180. The fourth-order valence-corrected chi connectivity index (χ4v) is 4.91. The molecular weight excluding hydrogens is 424 g/mol. The van der Waals surface area contributed by atoms with Gasteiger partial charge in [-0.25, -0.2) is 8.42 Å². The van der Waals surface area contributed by atoms with Crippen LogP contribution in [0.25, 0.3) is 0 Å². The minimum Gasteiger partial charge on any atom is -0.496 e. The van der Waals surface area contributed by atoms with Gasteiger partial charge in [-0.1, -0.05) is 42.5 Å². The first-order valence-corrected chi connectivity index (χ1v) is 11.8. The van der Waals surface area contributed by atoms with E-state index in [4.69, 9.17) is 4.74 Å². The van der Waals surface area contributed by atoms with Crippen molar-refractivity contribution in [3.63, 3.8) is 0 Å². The van der Waals surface area contributed by atoms with Crippen LogP contribution in [-0.2, 0) is 21.2 Å². The highest BCUT2D eigenvalue weighted by Crippen LogP contribution is 2.24. The van der Waals surface area contributed by atoms with E-state index >= 15 is 0 Å². The molecule has 7 heteroatoms. The summed E-state index contributed by atoms with van der Waals surface area (Å²) in [5, 5.41) is 2.80. The number of nitrogens with one attached hydrogen (secondary N) is 1. The maximum absolute atomic E-state index is 13.5. The molecule has 168 valence electrons. The summed E-state index contributed by atoms with van der Waals surface area (Å²) in [6, 6.07) is 21.7. The number of hydrogen-bond acceptors (Lipinski definition) is 4. The number of methoxy groups -OCH3 is 1. The molecule has 0 saturated heterocycles. The standard InChI is InChI=1S/C25H28N2O4S/c1-19-8-7-11-22(16-19)26-25(28)18-27(15-14-21-9-5-4-6-10-21)32(29,30)23-12-13-24(31-3)20(2)17-23/h4-13,16-17H,14-15,18H2,1-3H3,(H,26,28). The van der Waals surface area contributed by atoms with Gasteiger partial charge in [0.1, 0.15) is 5.75 Å². The van der Waals surface area contributed by atoms with Crippen molar-refractivity contribution in [1.29, 1.82) is 0 Å². The second kappa shape index (κ2) is 10.4. The van der Waals surface area contributed by atoms with Gasteiger partial charge in [-0.2, -0.15) is 4.31 Å². The van der Waals surface area contributed by atoms with E-state index in [-0.39, 0.29) is 18.0 Å². The quantitative estimate of drug-likeness (QED) is 0.528. The van der Waals surface area contributed by atoms with Crippen molar-refractivity contribution < 1.29 is 17.9 Å². The minimum absolute atomic E-state index is 0.132. The van der Waals surface area contributed by atoms with Gasteiger partial charge in [-0.15, -0.1) is 0 Å². The van der Waals surface area contributed by atoms with Crippen LogP contribution in [0.4, 0.5) is 5.69 Å². The van der Waals surface area contributed by atoms with Gasteiger partial charge in [-0.3, -0.25) is 4.79 Å². The number of amides is 1. The highest BCUT2D eigenvalue weighted by Gasteiger charge is 2.27. The van der Waals surface area contributed by atoms with E-state index in [9.17, 15) is 13.2 Å². The second-order valence-corrected chi connectivity index (χ2v) is 9.56. The second-order valence-electron chi connectivity index (χ2n) is 7.62. The Balaban J connectivity index is 1.85. The van der Waals surface area contributed by atoms with Crippen LogP contribution in [0.1, 0.15) is 16.7 Å². The number of carbonyl (C=O) groups is 1. The Hall–Kier alpha value is -3.16. The van der Waals surface area contributed by atoms with Crippen LogP contribution in [0.2, 0.25) is 0 Å². The van der Waals surface area contributed by atoms with Crippen LogP contribution in [0.5, 0.6) is 5.75 Å². The molecule has 0 fully saturated rings. The third kappa shape index (κ3) is 5.96. The van der Waals surface area contributed by atoms with Crippen molar-refractivity contribution in [3.05, 3.63) is 89.5 Å². The van der Waals surface area contributed by atoms with Gasteiger partial charge in [0.25, 0.3) is 0 Å². The molecule has 6 nitrogen and oxygen atoms in total. The lowest BCUT2D eigenvalue weighted by Crippen LogP contribution is -2.39. The summed E-state index contributed by atoms with van der Waals surface area (Å²) in [5.74, 6) is 0.217. The van der Waals surface area contributed by atoms with Crippen molar-refractivity contribution >= 4 is 21.6 Å². The van der Waals surface area contributed by atoms with Crippen LogP contribution in [-0.4, -0.2) is 38.8 Å². The SMILES string of the molecule is COc1ccc(S(=O)(=O)N(CCc2ccccc2)CC(=O)Nc2cccc(C)c2)cc1C. The molecule has 0 unspecified atom stereocenters. The first kappa shape index (κ1) is 23.5. The van der Waals surface area contributed by atoms with Crippen LogP contribution in [0, 0.1) is 13.8 Å². The van der Waals surface area contributed by atoms with Gasteiger partial charge in [0.2, 0.25) is 15.9 Å². The van der Waals surface area contributed by atoms with Gasteiger partial charge >= 0.3 is 0 Å². The summed E-state index contributed by atoms with van der Waals surface area (Å²) >= 11 is 0. The average Bonchev–Trinajstić information content (AvgIpc) is 2.77. The molecule has 0 bridgehead atoms. The predicted molar refractivity (Wildman–Crippen MR) is 126 cm³/mol. The van der Waals surface area contributed by atoms with Gasteiger partial charge in [0.05, 0.1) is 18.6 Å². The smallest absolute Gasteiger partial charge is 0.243 e. The number of anilines is 1. The zero-order chi connectivity index (χ0) is 23.1. The molecule has 0 aliphatic carbocycles. The van der Waals surface area contributed by atoms with Crippen LogP contribution >= 0.6 is 0 Å². The summed E-state index contributed by atoms with van der Waals surface area (Å²) < 4.78 is 33.4. The van der Waals surface area contributed by atoms with Crippen LogP contribution in [0.3, 0.4) is 0 Å².